The zero-order chi connectivity index (χ0) is 18.8. The van der Waals surface area contributed by atoms with E-state index in [9.17, 15) is 4.79 Å². The average molecular weight is 358 g/mol. The van der Waals surface area contributed by atoms with Gasteiger partial charge in [-0.05, 0) is 36.6 Å². The molecule has 0 radical (unpaired) electrons. The molecule has 0 saturated carbocycles. The molecule has 1 aromatic carbocycles. The number of anilines is 1. The number of hydrogen-bond donors (Lipinski definition) is 0. The summed E-state index contributed by atoms with van der Waals surface area (Å²) >= 11 is 0. The molecule has 3 heterocycles. The predicted octanol–water partition coefficient (Wildman–Crippen LogP) is 3.44. The van der Waals surface area contributed by atoms with Crippen LogP contribution in [0.15, 0.2) is 65.7 Å². The number of nitrogens with zero attached hydrogens (tertiary/aromatic N) is 4. The number of aryl methyl sites for hydroxylation is 1. The molecular formula is C22H22N4O. The first-order valence-corrected chi connectivity index (χ1v) is 9.11. The van der Waals surface area contributed by atoms with Crippen LogP contribution >= 0.6 is 0 Å². The van der Waals surface area contributed by atoms with E-state index in [2.05, 4.69) is 47.1 Å². The van der Waals surface area contributed by atoms with Crippen molar-refractivity contribution in [1.82, 2.24) is 14.5 Å². The molecule has 0 atom stereocenters. The van der Waals surface area contributed by atoms with Gasteiger partial charge in [0.25, 0.3) is 5.56 Å². The van der Waals surface area contributed by atoms with Crippen molar-refractivity contribution in [2.75, 3.05) is 18.0 Å². The largest absolute Gasteiger partial charge is 0.338 e. The van der Waals surface area contributed by atoms with Crippen LogP contribution in [0.2, 0.25) is 0 Å². The molecule has 0 N–H and O–H groups in total. The van der Waals surface area contributed by atoms with Gasteiger partial charge in [-0.2, -0.15) is 0 Å². The Hall–Kier alpha value is -3.21. The van der Waals surface area contributed by atoms with Gasteiger partial charge >= 0.3 is 0 Å². The van der Waals surface area contributed by atoms with Crippen LogP contribution in [-0.4, -0.2) is 27.6 Å². The van der Waals surface area contributed by atoms with E-state index in [1.807, 2.05) is 12.1 Å². The second-order valence-corrected chi connectivity index (χ2v) is 6.88. The Balaban J connectivity index is 1.69. The summed E-state index contributed by atoms with van der Waals surface area (Å²) in [6, 6.07) is 13.9. The van der Waals surface area contributed by atoms with Crippen LogP contribution in [0.1, 0.15) is 17.5 Å². The molecule has 1 aliphatic rings. The van der Waals surface area contributed by atoms with Crippen LogP contribution in [0.25, 0.3) is 16.8 Å². The Kier molecular flexibility index (Phi) is 4.59. The maximum atomic E-state index is 12.5. The fourth-order valence-electron chi connectivity index (χ4n) is 3.37. The third kappa shape index (κ3) is 3.53. The fraction of sp³-hybridized carbons (Fsp3) is 0.227. The van der Waals surface area contributed by atoms with E-state index in [0.717, 1.165) is 25.1 Å². The lowest BCUT2D eigenvalue weighted by molar-refractivity contribution is 0.727. The highest BCUT2D eigenvalue weighted by Gasteiger charge is 2.19. The molecule has 27 heavy (non-hydrogen) atoms. The molecule has 5 heteroatoms. The van der Waals surface area contributed by atoms with Crippen molar-refractivity contribution in [3.8, 4) is 11.3 Å². The molecule has 3 aromatic rings. The summed E-state index contributed by atoms with van der Waals surface area (Å²) < 4.78 is 1.63. The first-order chi connectivity index (χ1) is 13.1. The lowest BCUT2D eigenvalue weighted by atomic mass is 10.0. The smallest absolute Gasteiger partial charge is 0.255 e. The minimum absolute atomic E-state index is 0.0572. The molecule has 0 saturated heterocycles. The van der Waals surface area contributed by atoms with Crippen molar-refractivity contribution in [3.05, 3.63) is 82.4 Å². The summed E-state index contributed by atoms with van der Waals surface area (Å²) in [4.78, 5) is 23.6. The summed E-state index contributed by atoms with van der Waals surface area (Å²) in [6.07, 6.45) is 6.64. The molecule has 0 fully saturated rings. The highest BCUT2D eigenvalue weighted by atomic mass is 16.1. The third-order valence-corrected chi connectivity index (χ3v) is 4.94. The molecule has 0 amide bonds. The van der Waals surface area contributed by atoms with Crippen molar-refractivity contribution in [1.29, 1.82) is 0 Å². The Labute approximate surface area is 158 Å². The Morgan fingerprint density at radius 2 is 1.74 bits per heavy atom. The van der Waals surface area contributed by atoms with Crippen molar-refractivity contribution >= 4 is 11.5 Å². The topological polar surface area (TPSA) is 51.0 Å². The summed E-state index contributed by atoms with van der Waals surface area (Å²) in [7, 11) is 1.78. The van der Waals surface area contributed by atoms with Gasteiger partial charge in [0.2, 0.25) is 5.95 Å². The average Bonchev–Trinajstić information content (AvgIpc) is 2.71. The molecule has 1 aliphatic heterocycles. The number of hydrogen-bond acceptors (Lipinski definition) is 4. The summed E-state index contributed by atoms with van der Waals surface area (Å²) in [5, 5.41) is 0. The lowest BCUT2D eigenvalue weighted by Crippen LogP contribution is -2.35. The van der Waals surface area contributed by atoms with Gasteiger partial charge < -0.3 is 4.90 Å². The van der Waals surface area contributed by atoms with Gasteiger partial charge in [-0.3, -0.25) is 14.3 Å². The quantitative estimate of drug-likeness (QED) is 0.720. The Bertz CT molecular complexity index is 1040. The van der Waals surface area contributed by atoms with Gasteiger partial charge in [0.15, 0.2) is 0 Å². The van der Waals surface area contributed by atoms with Gasteiger partial charge in [0.05, 0.1) is 5.69 Å². The van der Waals surface area contributed by atoms with Crippen LogP contribution in [0, 0.1) is 6.92 Å². The molecule has 4 rings (SSSR count). The fourth-order valence-corrected chi connectivity index (χ4v) is 3.37. The summed E-state index contributed by atoms with van der Waals surface area (Å²) in [5.74, 6) is 0.701. The van der Waals surface area contributed by atoms with Gasteiger partial charge in [-0.25, -0.2) is 4.98 Å². The Morgan fingerprint density at radius 3 is 2.48 bits per heavy atom. The van der Waals surface area contributed by atoms with Crippen molar-refractivity contribution in [2.24, 2.45) is 7.05 Å². The molecule has 5 nitrogen and oxygen atoms in total. The van der Waals surface area contributed by atoms with Crippen LogP contribution in [0.4, 0.5) is 5.95 Å². The first-order valence-electron chi connectivity index (χ1n) is 9.11. The molecule has 0 spiro atoms. The molecule has 0 bridgehead atoms. The standard InChI is InChI=1S/C22H22N4O/c1-16-5-7-17(8-6-16)19-4-3-13-26(15-19)22-24-20(14-21(27)25(22)2)18-9-11-23-12-10-18/h4-12,14H,3,13,15H2,1-2H3. The van der Waals surface area contributed by atoms with Crippen LogP contribution in [0.5, 0.6) is 0 Å². The van der Waals surface area contributed by atoms with Crippen molar-refractivity contribution < 1.29 is 0 Å². The van der Waals surface area contributed by atoms with Crippen LogP contribution < -0.4 is 10.5 Å². The highest BCUT2D eigenvalue weighted by molar-refractivity contribution is 5.71. The molecular weight excluding hydrogens is 336 g/mol. The van der Waals surface area contributed by atoms with Crippen LogP contribution in [0.3, 0.4) is 0 Å². The van der Waals surface area contributed by atoms with E-state index in [1.165, 1.54) is 16.7 Å². The Morgan fingerprint density at radius 1 is 1.00 bits per heavy atom. The summed E-state index contributed by atoms with van der Waals surface area (Å²) in [6.45, 7) is 3.67. The van der Waals surface area contributed by atoms with E-state index in [1.54, 1.807) is 30.1 Å². The zero-order valence-electron chi connectivity index (χ0n) is 15.6. The SMILES string of the molecule is Cc1ccc(C2=CCCN(c3nc(-c4ccncc4)cc(=O)n3C)C2)cc1. The van der Waals surface area contributed by atoms with E-state index < -0.39 is 0 Å². The van der Waals surface area contributed by atoms with Crippen molar-refractivity contribution in [3.63, 3.8) is 0 Å². The summed E-state index contributed by atoms with van der Waals surface area (Å²) in [5.41, 5.74) is 5.27. The maximum absolute atomic E-state index is 12.5. The van der Waals surface area contributed by atoms with E-state index >= 15 is 0 Å². The van der Waals surface area contributed by atoms with Gasteiger partial charge in [-0.1, -0.05) is 35.9 Å². The molecule has 0 aliphatic carbocycles. The van der Waals surface area contributed by atoms with Crippen LogP contribution in [-0.2, 0) is 7.05 Å². The van der Waals surface area contributed by atoms with Gasteiger partial charge in [-0.15, -0.1) is 0 Å². The van der Waals surface area contributed by atoms with Crippen molar-refractivity contribution in [2.45, 2.75) is 13.3 Å². The monoisotopic (exact) mass is 358 g/mol. The molecule has 0 unspecified atom stereocenters. The first kappa shape index (κ1) is 17.2. The predicted molar refractivity (Wildman–Crippen MR) is 109 cm³/mol. The molecule has 136 valence electrons. The van der Waals surface area contributed by atoms with Gasteiger partial charge in [0, 0.05) is 44.2 Å². The number of benzene rings is 1. The highest BCUT2D eigenvalue weighted by Crippen LogP contribution is 2.25. The number of pyridine rings is 1. The lowest BCUT2D eigenvalue weighted by Gasteiger charge is -2.30. The zero-order valence-corrected chi connectivity index (χ0v) is 15.6. The minimum atomic E-state index is -0.0572. The second kappa shape index (κ2) is 7.19. The molecule has 2 aromatic heterocycles. The number of rotatable bonds is 3. The van der Waals surface area contributed by atoms with Gasteiger partial charge in [0.1, 0.15) is 0 Å². The second-order valence-electron chi connectivity index (χ2n) is 6.88. The van der Waals surface area contributed by atoms with E-state index in [4.69, 9.17) is 4.98 Å². The minimum Gasteiger partial charge on any atom is -0.338 e. The van der Waals surface area contributed by atoms with E-state index in [-0.39, 0.29) is 5.56 Å². The maximum Gasteiger partial charge on any atom is 0.255 e. The van der Waals surface area contributed by atoms with E-state index in [0.29, 0.717) is 11.6 Å². The normalized spacial score (nSPS) is 14.1. The number of aromatic nitrogens is 3. The third-order valence-electron chi connectivity index (χ3n) is 4.94.